The molecule has 4 fully saturated rings. The Balaban J connectivity index is 1.37. The van der Waals surface area contributed by atoms with Gasteiger partial charge in [0.2, 0.25) is 0 Å². The molecule has 0 radical (unpaired) electrons. The van der Waals surface area contributed by atoms with Gasteiger partial charge in [0, 0.05) is 6.54 Å². The molecule has 3 aliphatic heterocycles. The predicted molar refractivity (Wildman–Crippen MR) is 124 cm³/mol. The second kappa shape index (κ2) is 8.15. The fourth-order valence-corrected chi connectivity index (χ4v) is 6.78. The fourth-order valence-electron chi connectivity index (χ4n) is 6.78. The summed E-state index contributed by atoms with van der Waals surface area (Å²) in [5, 5.41) is 10.5. The van der Waals surface area contributed by atoms with E-state index in [1.165, 1.54) is 17.7 Å². The third-order valence-corrected chi connectivity index (χ3v) is 8.70. The van der Waals surface area contributed by atoms with E-state index in [0.717, 1.165) is 74.8 Å². The van der Waals surface area contributed by atoms with E-state index in [0.29, 0.717) is 5.92 Å². The maximum absolute atomic E-state index is 12.8. The highest BCUT2D eigenvalue weighted by atomic mass is 19.4. The summed E-state index contributed by atoms with van der Waals surface area (Å²) in [4.78, 5) is 17.0. The van der Waals surface area contributed by atoms with Crippen molar-refractivity contribution in [3.8, 4) is 16.9 Å². The van der Waals surface area contributed by atoms with Crippen molar-refractivity contribution in [3.63, 3.8) is 0 Å². The third kappa shape index (κ3) is 4.15. The van der Waals surface area contributed by atoms with Crippen molar-refractivity contribution >= 4 is 6.09 Å². The van der Waals surface area contributed by atoms with Crippen LogP contribution in [0, 0.1) is 11.3 Å². The van der Waals surface area contributed by atoms with Crippen LogP contribution in [0.5, 0.6) is 5.75 Å². The van der Waals surface area contributed by atoms with Crippen molar-refractivity contribution in [2.45, 2.75) is 57.0 Å². The molecule has 35 heavy (non-hydrogen) atoms. The maximum Gasteiger partial charge on any atom is 0.573 e. The molecule has 1 amide bonds. The van der Waals surface area contributed by atoms with Gasteiger partial charge in [0.05, 0.1) is 12.1 Å². The Morgan fingerprint density at radius 2 is 1.71 bits per heavy atom. The molecular weight excluding hydrogens is 457 g/mol. The number of carbonyl (C=O) groups is 1. The number of ether oxygens (including phenoxy) is 1. The number of piperidine rings is 3. The summed E-state index contributed by atoms with van der Waals surface area (Å²) < 4.78 is 41.7. The van der Waals surface area contributed by atoms with E-state index in [2.05, 4.69) is 21.8 Å². The molecule has 3 heterocycles. The van der Waals surface area contributed by atoms with Gasteiger partial charge in [-0.15, -0.1) is 13.2 Å². The van der Waals surface area contributed by atoms with Gasteiger partial charge >= 0.3 is 12.5 Å². The first-order chi connectivity index (χ1) is 16.7. The molecule has 1 N–H and O–H groups in total. The fraction of sp³-hybridized carbons (Fsp3) is 0.519. The normalized spacial score (nSPS) is 28.4. The minimum atomic E-state index is -4.73. The average molecular weight is 487 g/mol. The Morgan fingerprint density at radius 1 is 1.03 bits per heavy atom. The predicted octanol–water partition coefficient (Wildman–Crippen LogP) is 6.09. The van der Waals surface area contributed by atoms with Crippen LogP contribution >= 0.6 is 0 Å². The maximum atomic E-state index is 12.8. The quantitative estimate of drug-likeness (QED) is 0.568. The highest BCUT2D eigenvalue weighted by Gasteiger charge is 2.57. The molecule has 8 heteroatoms. The number of hydrogen-bond donors (Lipinski definition) is 1. The molecule has 3 saturated heterocycles. The minimum absolute atomic E-state index is 0.000440. The van der Waals surface area contributed by atoms with Crippen LogP contribution in [0.25, 0.3) is 11.1 Å². The van der Waals surface area contributed by atoms with Crippen molar-refractivity contribution in [2.24, 2.45) is 11.3 Å². The van der Waals surface area contributed by atoms with Crippen LogP contribution in [0.2, 0.25) is 0 Å². The lowest BCUT2D eigenvalue weighted by atomic mass is 9.73. The van der Waals surface area contributed by atoms with Gasteiger partial charge in [-0.3, -0.25) is 4.90 Å². The van der Waals surface area contributed by atoms with Crippen molar-refractivity contribution in [1.29, 1.82) is 0 Å². The molecule has 1 spiro atoms. The van der Waals surface area contributed by atoms with Gasteiger partial charge in [0.25, 0.3) is 0 Å². The molecular formula is C27H29F3N2O3. The summed E-state index contributed by atoms with van der Waals surface area (Å²) >= 11 is 0. The van der Waals surface area contributed by atoms with Crippen molar-refractivity contribution in [3.05, 3.63) is 53.6 Å². The number of amides is 1. The van der Waals surface area contributed by atoms with Gasteiger partial charge in [-0.1, -0.05) is 24.3 Å². The van der Waals surface area contributed by atoms with Crippen LogP contribution in [0.15, 0.2) is 42.5 Å². The van der Waals surface area contributed by atoms with Gasteiger partial charge in [0.1, 0.15) is 5.75 Å². The largest absolute Gasteiger partial charge is 0.573 e. The smallest absolute Gasteiger partial charge is 0.465 e. The van der Waals surface area contributed by atoms with Gasteiger partial charge in [-0.25, -0.2) is 4.79 Å². The molecule has 2 atom stereocenters. The molecule has 5 nitrogen and oxygen atoms in total. The first-order valence-electron chi connectivity index (χ1n) is 12.5. The Kier molecular flexibility index (Phi) is 5.29. The number of rotatable bonds is 4. The summed E-state index contributed by atoms with van der Waals surface area (Å²) in [5.74, 6) is 0.148. The lowest BCUT2D eigenvalue weighted by Crippen LogP contribution is -2.60. The lowest BCUT2D eigenvalue weighted by molar-refractivity contribution is -0.274. The summed E-state index contributed by atoms with van der Waals surface area (Å²) in [6.45, 7) is 2.91. The average Bonchev–Trinajstić information content (AvgIpc) is 3.61. The topological polar surface area (TPSA) is 53.0 Å². The van der Waals surface area contributed by atoms with Gasteiger partial charge in [0.15, 0.2) is 0 Å². The Morgan fingerprint density at radius 3 is 2.29 bits per heavy atom. The second-order valence-electron chi connectivity index (χ2n) is 10.6. The van der Waals surface area contributed by atoms with Crippen molar-refractivity contribution in [2.75, 3.05) is 19.6 Å². The number of fused-ring (bicyclic) bond motifs is 4. The second-order valence-corrected chi connectivity index (χ2v) is 10.6. The molecule has 2 bridgehead atoms. The zero-order valence-electron chi connectivity index (χ0n) is 19.4. The van der Waals surface area contributed by atoms with Gasteiger partial charge < -0.3 is 14.7 Å². The zero-order chi connectivity index (χ0) is 24.4. The lowest BCUT2D eigenvalue weighted by Gasteiger charge is -2.52. The molecule has 2 aromatic carbocycles. The highest BCUT2D eigenvalue weighted by molar-refractivity contribution is 5.70. The Hall–Kier alpha value is -2.74. The molecule has 186 valence electrons. The number of halogens is 3. The standard InChI is InChI=1S/C27H29F3N2O3/c28-27(29,30)35-21-5-3-17(4-6-21)20-2-1-18-7-10-26(11-12-26)24(22(18)15-20)32(25(33)34)23-16-31-13-8-19(23)9-14-31/h1-6,15,19,23-24H,7-14,16H2,(H,33,34)/t23-,24?/m1/s1. The van der Waals surface area contributed by atoms with Crippen LogP contribution < -0.4 is 4.74 Å². The number of nitrogens with zero attached hydrogens (tertiary/aromatic N) is 2. The van der Waals surface area contributed by atoms with Gasteiger partial charge in [-0.2, -0.15) is 0 Å². The molecule has 1 saturated carbocycles. The molecule has 1 unspecified atom stereocenters. The van der Waals surface area contributed by atoms with Crippen LogP contribution in [-0.2, 0) is 6.42 Å². The van der Waals surface area contributed by atoms with E-state index in [1.807, 2.05) is 6.07 Å². The number of alkyl halides is 3. The molecule has 5 aliphatic rings. The van der Waals surface area contributed by atoms with E-state index in [-0.39, 0.29) is 23.2 Å². The SMILES string of the molecule is O=C(O)N(C1c2cc(-c3ccc(OC(F)(F)F)cc3)ccc2CCC12CC2)[C@@H]1CN2CCC1CC2. The van der Waals surface area contributed by atoms with E-state index in [4.69, 9.17) is 0 Å². The number of hydrogen-bond acceptors (Lipinski definition) is 3. The summed E-state index contributed by atoms with van der Waals surface area (Å²) in [7, 11) is 0. The van der Waals surface area contributed by atoms with Crippen molar-refractivity contribution < 1.29 is 27.8 Å². The number of carboxylic acid groups (broad SMARTS) is 1. The minimum Gasteiger partial charge on any atom is -0.465 e. The summed E-state index contributed by atoms with van der Waals surface area (Å²) in [6.07, 6.45) is 0.532. The van der Waals surface area contributed by atoms with E-state index in [9.17, 15) is 23.1 Å². The van der Waals surface area contributed by atoms with Crippen LogP contribution in [0.1, 0.15) is 49.3 Å². The molecule has 7 rings (SSSR count). The molecule has 0 aromatic heterocycles. The van der Waals surface area contributed by atoms with Gasteiger partial charge in [-0.05, 0) is 103 Å². The highest BCUT2D eigenvalue weighted by Crippen LogP contribution is 2.64. The van der Waals surface area contributed by atoms with E-state index in [1.54, 1.807) is 17.0 Å². The Labute approximate surface area is 202 Å². The van der Waals surface area contributed by atoms with E-state index >= 15 is 0 Å². The zero-order valence-corrected chi connectivity index (χ0v) is 19.4. The Bertz CT molecular complexity index is 1120. The van der Waals surface area contributed by atoms with Crippen LogP contribution in [-0.4, -0.2) is 53.0 Å². The first kappa shape index (κ1) is 22.7. The van der Waals surface area contributed by atoms with Crippen LogP contribution in [0.4, 0.5) is 18.0 Å². The number of benzene rings is 2. The molecule has 2 aromatic rings. The van der Waals surface area contributed by atoms with Crippen LogP contribution in [0.3, 0.4) is 0 Å². The molecule has 2 aliphatic carbocycles. The van der Waals surface area contributed by atoms with Crippen molar-refractivity contribution in [1.82, 2.24) is 9.80 Å². The number of aryl methyl sites for hydroxylation is 1. The third-order valence-electron chi connectivity index (χ3n) is 8.70. The summed E-state index contributed by atoms with van der Waals surface area (Å²) in [5.41, 5.74) is 3.91. The first-order valence-corrected chi connectivity index (χ1v) is 12.5. The monoisotopic (exact) mass is 486 g/mol. The van der Waals surface area contributed by atoms with E-state index < -0.39 is 12.5 Å². The summed E-state index contributed by atoms with van der Waals surface area (Å²) in [6, 6.07) is 11.8.